The van der Waals surface area contributed by atoms with Crippen LogP contribution in [0.1, 0.15) is 33.6 Å². The summed E-state index contributed by atoms with van der Waals surface area (Å²) in [5.74, 6) is 0.248. The summed E-state index contributed by atoms with van der Waals surface area (Å²) >= 11 is 3.34. The topological polar surface area (TPSA) is 50.2 Å². The Morgan fingerprint density at radius 1 is 1.69 bits per heavy atom. The van der Waals surface area contributed by atoms with Crippen LogP contribution in [0.3, 0.4) is 0 Å². The molecule has 1 aliphatic rings. The molecule has 0 aromatic carbocycles. The van der Waals surface area contributed by atoms with E-state index in [4.69, 9.17) is 5.11 Å². The largest absolute Gasteiger partial charge is 0.476 e. The lowest BCUT2D eigenvalue weighted by Gasteiger charge is -2.01. The maximum Gasteiger partial charge on any atom is 0.355 e. The van der Waals surface area contributed by atoms with E-state index in [9.17, 15) is 4.79 Å². The van der Waals surface area contributed by atoms with Gasteiger partial charge in [-0.15, -0.1) is 11.3 Å². The lowest BCUT2D eigenvalue weighted by Crippen LogP contribution is -1.97. The monoisotopic (exact) mass is 215 g/mol. The van der Waals surface area contributed by atoms with Crippen molar-refractivity contribution in [1.29, 1.82) is 0 Å². The second kappa shape index (κ2) is 3.67. The number of carbonyl (C=O) groups is 1. The summed E-state index contributed by atoms with van der Waals surface area (Å²) in [7, 11) is 0. The van der Waals surface area contributed by atoms with Gasteiger partial charge in [0.2, 0.25) is 0 Å². The van der Waals surface area contributed by atoms with Gasteiger partial charge in [0.15, 0.2) is 5.69 Å². The molecule has 0 amide bonds. The third kappa shape index (κ3) is 1.86. The number of carboxylic acids is 1. The van der Waals surface area contributed by atoms with Gasteiger partial charge < -0.3 is 5.11 Å². The Kier molecular flexibility index (Phi) is 2.55. The van der Waals surface area contributed by atoms with Crippen LogP contribution in [0.25, 0.3) is 0 Å². The van der Waals surface area contributed by atoms with Crippen LogP contribution in [0.2, 0.25) is 0 Å². The number of hydrogen-bond donors (Lipinski definition) is 1. The minimum absolute atomic E-state index is 0.188. The molecule has 5 heteroatoms. The van der Waals surface area contributed by atoms with Gasteiger partial charge in [0.25, 0.3) is 0 Å². The van der Waals surface area contributed by atoms with E-state index in [1.165, 1.54) is 23.5 Å². The highest BCUT2D eigenvalue weighted by molar-refractivity contribution is 7.99. The first-order chi connectivity index (χ1) is 6.27. The third-order valence-electron chi connectivity index (χ3n) is 1.95. The molecule has 0 spiro atoms. The molecule has 1 aromatic heterocycles. The molecule has 0 radical (unpaired) electrons. The van der Waals surface area contributed by atoms with Gasteiger partial charge in [-0.3, -0.25) is 0 Å². The van der Waals surface area contributed by atoms with E-state index in [1.54, 1.807) is 5.38 Å². The fourth-order valence-corrected chi connectivity index (χ4v) is 3.63. The molecule has 1 aromatic rings. The van der Waals surface area contributed by atoms with Crippen molar-refractivity contribution in [3.8, 4) is 0 Å². The second-order valence-electron chi connectivity index (χ2n) is 2.88. The highest BCUT2D eigenvalue weighted by Crippen LogP contribution is 2.40. The SMILES string of the molecule is O=C(O)c1csc(C2CCCS2)n1. The predicted molar refractivity (Wildman–Crippen MR) is 53.5 cm³/mol. The molecule has 70 valence electrons. The van der Waals surface area contributed by atoms with Crippen molar-refractivity contribution >= 4 is 29.1 Å². The van der Waals surface area contributed by atoms with Gasteiger partial charge in [-0.05, 0) is 18.6 Å². The van der Waals surface area contributed by atoms with Gasteiger partial charge in [-0.2, -0.15) is 11.8 Å². The van der Waals surface area contributed by atoms with Crippen molar-refractivity contribution in [3.05, 3.63) is 16.1 Å². The standard InChI is InChI=1S/C8H9NO2S2/c10-8(11)5-4-13-7(9-5)6-2-1-3-12-6/h4,6H,1-3H2,(H,10,11). The summed E-state index contributed by atoms with van der Waals surface area (Å²) in [5.41, 5.74) is 0.188. The maximum absolute atomic E-state index is 10.6. The van der Waals surface area contributed by atoms with Crippen LogP contribution >= 0.6 is 23.1 Å². The molecule has 0 saturated carbocycles. The Labute approximate surface area is 84.2 Å². The molecule has 0 bridgehead atoms. The molecule has 2 heterocycles. The molecule has 13 heavy (non-hydrogen) atoms. The van der Waals surface area contributed by atoms with E-state index in [-0.39, 0.29) is 5.69 Å². The zero-order valence-electron chi connectivity index (χ0n) is 6.90. The molecule has 1 saturated heterocycles. The van der Waals surface area contributed by atoms with Crippen LogP contribution in [0.15, 0.2) is 5.38 Å². The summed E-state index contributed by atoms with van der Waals surface area (Å²) in [5, 5.41) is 11.7. The normalized spacial score (nSPS) is 22.0. The number of rotatable bonds is 2. The van der Waals surface area contributed by atoms with E-state index in [1.807, 2.05) is 11.8 Å². The van der Waals surface area contributed by atoms with Crippen LogP contribution in [0, 0.1) is 0 Å². The fourth-order valence-electron chi connectivity index (χ4n) is 1.31. The van der Waals surface area contributed by atoms with Gasteiger partial charge in [0.05, 0.1) is 5.25 Å². The molecule has 1 fully saturated rings. The summed E-state index contributed by atoms with van der Waals surface area (Å²) in [6, 6.07) is 0. The number of aromatic nitrogens is 1. The van der Waals surface area contributed by atoms with E-state index in [0.717, 1.165) is 11.4 Å². The summed E-state index contributed by atoms with van der Waals surface area (Å²) in [6.07, 6.45) is 2.36. The smallest absolute Gasteiger partial charge is 0.355 e. The van der Waals surface area contributed by atoms with Gasteiger partial charge >= 0.3 is 5.97 Å². The Bertz CT molecular complexity index is 318. The Morgan fingerprint density at radius 2 is 2.54 bits per heavy atom. The lowest BCUT2D eigenvalue weighted by atomic mass is 10.3. The molecule has 2 rings (SSSR count). The number of aromatic carboxylic acids is 1. The van der Waals surface area contributed by atoms with Crippen molar-refractivity contribution in [3.63, 3.8) is 0 Å². The number of carboxylic acid groups (broad SMARTS) is 1. The molecular weight excluding hydrogens is 206 g/mol. The van der Waals surface area contributed by atoms with Crippen molar-refractivity contribution in [2.75, 3.05) is 5.75 Å². The Hall–Kier alpha value is -0.550. The Balaban J connectivity index is 2.16. The minimum Gasteiger partial charge on any atom is -0.476 e. The number of thioether (sulfide) groups is 1. The highest BCUT2D eigenvalue weighted by atomic mass is 32.2. The summed E-state index contributed by atoms with van der Waals surface area (Å²) in [6.45, 7) is 0. The van der Waals surface area contributed by atoms with E-state index >= 15 is 0 Å². The van der Waals surface area contributed by atoms with Crippen LogP contribution in [-0.4, -0.2) is 21.8 Å². The molecular formula is C8H9NO2S2. The van der Waals surface area contributed by atoms with Crippen LogP contribution in [0.5, 0.6) is 0 Å². The molecule has 1 unspecified atom stereocenters. The van der Waals surface area contributed by atoms with Crippen LogP contribution in [0.4, 0.5) is 0 Å². The van der Waals surface area contributed by atoms with E-state index in [2.05, 4.69) is 4.98 Å². The Morgan fingerprint density at radius 3 is 3.08 bits per heavy atom. The molecule has 1 atom stereocenters. The summed E-state index contributed by atoms with van der Waals surface area (Å²) < 4.78 is 0. The number of nitrogens with zero attached hydrogens (tertiary/aromatic N) is 1. The van der Waals surface area contributed by atoms with Gasteiger partial charge in [0.1, 0.15) is 5.01 Å². The van der Waals surface area contributed by atoms with Crippen molar-refractivity contribution < 1.29 is 9.90 Å². The average Bonchev–Trinajstić information content (AvgIpc) is 2.75. The van der Waals surface area contributed by atoms with E-state index < -0.39 is 5.97 Å². The highest BCUT2D eigenvalue weighted by Gasteiger charge is 2.21. The summed E-state index contributed by atoms with van der Waals surface area (Å²) in [4.78, 5) is 14.7. The van der Waals surface area contributed by atoms with Gasteiger partial charge in [0, 0.05) is 5.38 Å². The third-order valence-corrected chi connectivity index (χ3v) is 4.44. The first-order valence-corrected chi connectivity index (χ1v) is 6.00. The van der Waals surface area contributed by atoms with E-state index in [0.29, 0.717) is 5.25 Å². The molecule has 1 aliphatic heterocycles. The quantitative estimate of drug-likeness (QED) is 0.823. The zero-order chi connectivity index (χ0) is 9.26. The number of hydrogen-bond acceptors (Lipinski definition) is 4. The lowest BCUT2D eigenvalue weighted by molar-refractivity contribution is 0.0691. The average molecular weight is 215 g/mol. The fraction of sp³-hybridized carbons (Fsp3) is 0.500. The zero-order valence-corrected chi connectivity index (χ0v) is 8.53. The van der Waals surface area contributed by atoms with Gasteiger partial charge in [-0.1, -0.05) is 0 Å². The van der Waals surface area contributed by atoms with Gasteiger partial charge in [-0.25, -0.2) is 9.78 Å². The molecule has 3 nitrogen and oxygen atoms in total. The van der Waals surface area contributed by atoms with Crippen LogP contribution < -0.4 is 0 Å². The first kappa shape index (κ1) is 9.02. The van der Waals surface area contributed by atoms with Crippen molar-refractivity contribution in [2.24, 2.45) is 0 Å². The van der Waals surface area contributed by atoms with Crippen molar-refractivity contribution in [1.82, 2.24) is 4.98 Å². The minimum atomic E-state index is -0.925. The maximum atomic E-state index is 10.6. The predicted octanol–water partition coefficient (Wildman–Crippen LogP) is 2.41. The molecule has 1 N–H and O–H groups in total. The molecule has 0 aliphatic carbocycles. The number of thiazole rings is 1. The van der Waals surface area contributed by atoms with Crippen molar-refractivity contribution in [2.45, 2.75) is 18.1 Å². The second-order valence-corrected chi connectivity index (χ2v) is 5.08. The van der Waals surface area contributed by atoms with Crippen LogP contribution in [-0.2, 0) is 0 Å². The first-order valence-electron chi connectivity index (χ1n) is 4.07.